The highest BCUT2D eigenvalue weighted by Crippen LogP contribution is 2.57. The first-order chi connectivity index (χ1) is 28.7. The Morgan fingerprint density at radius 1 is 0.885 bits per heavy atom. The van der Waals surface area contributed by atoms with Gasteiger partial charge in [-0.2, -0.15) is 0 Å². The number of nitrogens with two attached hydrogens (primary N) is 1. The predicted octanol–water partition coefficient (Wildman–Crippen LogP) is 4.46. The summed E-state index contributed by atoms with van der Waals surface area (Å²) in [5, 5.41) is 36.8. The van der Waals surface area contributed by atoms with Gasteiger partial charge in [-0.3, -0.25) is 19.2 Å². The van der Waals surface area contributed by atoms with Crippen molar-refractivity contribution in [3.8, 4) is 0 Å². The highest BCUT2D eigenvalue weighted by Gasteiger charge is 2.76. The number of hydrogen-bond donors (Lipinski definition) is 5. The smallest absolute Gasteiger partial charge is 0.341 e. The second-order valence-electron chi connectivity index (χ2n) is 17.4. The van der Waals surface area contributed by atoms with Crippen LogP contribution in [0.2, 0.25) is 0 Å². The molecule has 0 aromatic carbocycles. The fourth-order valence-electron chi connectivity index (χ4n) is 8.85. The number of carbonyl (C=O) groups excluding carboxylic acids is 6. The third kappa shape index (κ3) is 12.4. The molecule has 1 aliphatic heterocycles. The van der Waals surface area contributed by atoms with Gasteiger partial charge in [0.2, 0.25) is 5.91 Å². The SMILES string of the molecule is C/C=C(/C)C(=O)O[C@H]1C(C)=C2[C@H]([C@@H]1OC(=O)CCCCCCC)[C@@](C)(OC(C)=O)C[C@H](OC(=O)CCCCC(CCCCCC)NC(=O)[C@@H](N)CO)[C@@]1(O)[C@H]2OC(=O)[C@@]1(C)O. The quantitative estimate of drug-likeness (QED) is 0.0296. The molecule has 2 fully saturated rings. The van der Waals surface area contributed by atoms with Crippen molar-refractivity contribution < 1.29 is 67.8 Å². The van der Waals surface area contributed by atoms with E-state index in [2.05, 4.69) is 19.2 Å². The molecule has 0 radical (unpaired) electrons. The Hall–Kier alpha value is -3.86. The van der Waals surface area contributed by atoms with Crippen LogP contribution < -0.4 is 11.1 Å². The Bertz CT molecular complexity index is 1630. The lowest BCUT2D eigenvalue weighted by Crippen LogP contribution is -2.64. The summed E-state index contributed by atoms with van der Waals surface area (Å²) in [4.78, 5) is 79.5. The molecule has 0 bridgehead atoms. The third-order valence-electron chi connectivity index (χ3n) is 12.5. The largest absolute Gasteiger partial charge is 0.459 e. The molecular formula is C45H72N2O14. The van der Waals surface area contributed by atoms with E-state index in [1.165, 1.54) is 6.92 Å². The van der Waals surface area contributed by atoms with Crippen LogP contribution in [0.5, 0.6) is 0 Å². The predicted molar refractivity (Wildman–Crippen MR) is 223 cm³/mol. The van der Waals surface area contributed by atoms with E-state index in [0.29, 0.717) is 32.1 Å². The van der Waals surface area contributed by atoms with Gasteiger partial charge in [0.1, 0.15) is 17.7 Å². The first-order valence-electron chi connectivity index (χ1n) is 22.2. The lowest BCUT2D eigenvalue weighted by Gasteiger charge is -2.41. The van der Waals surface area contributed by atoms with Crippen molar-refractivity contribution in [2.75, 3.05) is 6.61 Å². The minimum atomic E-state index is -2.67. The fourth-order valence-corrected chi connectivity index (χ4v) is 8.85. The summed E-state index contributed by atoms with van der Waals surface area (Å²) in [5.74, 6) is -5.79. The number of esters is 5. The molecule has 10 atom stereocenters. The van der Waals surface area contributed by atoms with Gasteiger partial charge >= 0.3 is 29.8 Å². The fraction of sp³-hybridized carbons (Fsp3) is 0.778. The van der Waals surface area contributed by atoms with Crippen molar-refractivity contribution in [2.24, 2.45) is 11.7 Å². The number of hydrogen-bond acceptors (Lipinski definition) is 15. The molecule has 3 aliphatic rings. The monoisotopic (exact) mass is 864 g/mol. The standard InChI is InChI=1S/C45H72N2O14/c1-9-12-14-16-18-23-34(51)58-38-36-35(28(5)37(38)59-41(53)27(4)11-3)39-45(56,44(8,55)42(54)60-39)32(25-43(36,7)61-29(6)49)57-33(50)24-20-19-22-30(21-17-15-13-10-2)47-40(52)31(46)26-48/h11,30-32,36-39,48,55-56H,9-10,12-26,46H2,1-8H3,(H,47,52)/b27-11-/t30?,31-,32-,36+,37-,38-,39-,43-,44+,45+/m0/s1. The number of ether oxygens (including phenoxy) is 5. The second kappa shape index (κ2) is 23.0. The molecule has 1 saturated carbocycles. The number of nitrogens with one attached hydrogen (secondary N) is 1. The number of rotatable bonds is 24. The van der Waals surface area contributed by atoms with Crippen LogP contribution in [0.4, 0.5) is 0 Å². The van der Waals surface area contributed by atoms with E-state index in [-0.39, 0.29) is 35.6 Å². The zero-order chi connectivity index (χ0) is 45.7. The van der Waals surface area contributed by atoms with E-state index < -0.39 is 102 Å². The van der Waals surface area contributed by atoms with Crippen molar-refractivity contribution in [3.63, 3.8) is 0 Å². The summed E-state index contributed by atoms with van der Waals surface area (Å²) < 4.78 is 29.9. The molecule has 0 aromatic heterocycles. The summed E-state index contributed by atoms with van der Waals surface area (Å²) >= 11 is 0. The first kappa shape index (κ1) is 51.5. The van der Waals surface area contributed by atoms with E-state index in [1.807, 2.05) is 0 Å². The summed E-state index contributed by atoms with van der Waals surface area (Å²) in [7, 11) is 0. The average molecular weight is 865 g/mol. The molecule has 0 spiro atoms. The van der Waals surface area contributed by atoms with Crippen molar-refractivity contribution >= 4 is 35.8 Å². The van der Waals surface area contributed by atoms with Gasteiger partial charge in [0.15, 0.2) is 29.5 Å². The van der Waals surface area contributed by atoms with Crippen LogP contribution in [0.15, 0.2) is 22.8 Å². The molecule has 0 aromatic rings. The van der Waals surface area contributed by atoms with Crippen LogP contribution in [0.3, 0.4) is 0 Å². The third-order valence-corrected chi connectivity index (χ3v) is 12.5. The van der Waals surface area contributed by atoms with Crippen LogP contribution in [0.1, 0.15) is 158 Å². The van der Waals surface area contributed by atoms with Crippen molar-refractivity contribution in [2.45, 2.75) is 211 Å². The van der Waals surface area contributed by atoms with Gasteiger partial charge in [-0.1, -0.05) is 77.7 Å². The number of amides is 1. The topological polar surface area (TPSA) is 247 Å². The summed E-state index contributed by atoms with van der Waals surface area (Å²) in [6.45, 7) is 12.2. The Balaban J connectivity index is 2.00. The van der Waals surface area contributed by atoms with Gasteiger partial charge in [0.05, 0.1) is 12.5 Å². The van der Waals surface area contributed by atoms with Crippen LogP contribution >= 0.6 is 0 Å². The van der Waals surface area contributed by atoms with E-state index in [4.69, 9.17) is 29.4 Å². The summed E-state index contributed by atoms with van der Waals surface area (Å²) in [5.41, 5.74) is -0.783. The molecule has 346 valence electrons. The summed E-state index contributed by atoms with van der Waals surface area (Å²) in [6, 6.07) is -1.31. The summed E-state index contributed by atoms with van der Waals surface area (Å²) in [6.07, 6.45) is 5.06. The molecule has 3 rings (SSSR count). The number of unbranched alkanes of at least 4 members (excludes halogenated alkanes) is 8. The van der Waals surface area contributed by atoms with Gasteiger partial charge in [-0.05, 0) is 71.4 Å². The molecule has 6 N–H and O–H groups in total. The van der Waals surface area contributed by atoms with Gasteiger partial charge in [0, 0.05) is 37.8 Å². The Labute approximate surface area is 360 Å². The number of allylic oxidation sites excluding steroid dienone is 1. The normalized spacial score (nSPS) is 29.4. The lowest BCUT2D eigenvalue weighted by molar-refractivity contribution is -0.212. The second-order valence-corrected chi connectivity index (χ2v) is 17.4. The molecule has 1 unspecified atom stereocenters. The van der Waals surface area contributed by atoms with Gasteiger partial charge in [0.25, 0.3) is 0 Å². The molecule has 1 saturated heterocycles. The maximum Gasteiger partial charge on any atom is 0.341 e. The van der Waals surface area contributed by atoms with E-state index >= 15 is 0 Å². The van der Waals surface area contributed by atoms with Gasteiger partial charge in [-0.25, -0.2) is 9.59 Å². The van der Waals surface area contributed by atoms with Gasteiger partial charge < -0.3 is 50.1 Å². The molecule has 16 nitrogen and oxygen atoms in total. The van der Waals surface area contributed by atoms with Crippen LogP contribution in [0, 0.1) is 5.92 Å². The highest BCUT2D eigenvalue weighted by molar-refractivity contribution is 5.88. The highest BCUT2D eigenvalue weighted by atomic mass is 16.6. The van der Waals surface area contributed by atoms with E-state index in [1.54, 1.807) is 26.8 Å². The maximum atomic E-state index is 13.7. The Kier molecular flexibility index (Phi) is 19.4. The molecule has 2 aliphatic carbocycles. The van der Waals surface area contributed by atoms with Crippen molar-refractivity contribution in [1.29, 1.82) is 0 Å². The molecule has 61 heavy (non-hydrogen) atoms. The number of carbonyl (C=O) groups is 6. The van der Waals surface area contributed by atoms with Crippen LogP contribution in [-0.2, 0) is 52.5 Å². The van der Waals surface area contributed by atoms with E-state index in [0.717, 1.165) is 65.2 Å². The maximum absolute atomic E-state index is 13.7. The Morgan fingerprint density at radius 2 is 1.44 bits per heavy atom. The molecule has 1 amide bonds. The van der Waals surface area contributed by atoms with Crippen LogP contribution in [-0.4, -0.2) is 111 Å². The zero-order valence-corrected chi connectivity index (χ0v) is 37.5. The van der Waals surface area contributed by atoms with Crippen LogP contribution in [0.25, 0.3) is 0 Å². The molecule has 1 heterocycles. The van der Waals surface area contributed by atoms with E-state index in [9.17, 15) is 44.1 Å². The first-order valence-corrected chi connectivity index (χ1v) is 22.2. The molecular weight excluding hydrogens is 792 g/mol. The van der Waals surface area contributed by atoms with Crippen molar-refractivity contribution in [1.82, 2.24) is 5.32 Å². The van der Waals surface area contributed by atoms with Gasteiger partial charge in [-0.15, -0.1) is 0 Å². The minimum absolute atomic E-state index is 0.0413. The lowest BCUT2D eigenvalue weighted by atomic mass is 9.75. The average Bonchev–Trinajstić information content (AvgIpc) is 3.54. The molecule has 16 heteroatoms. The number of fused-ring (bicyclic) bond motifs is 3. The zero-order valence-electron chi connectivity index (χ0n) is 37.5. The minimum Gasteiger partial charge on any atom is -0.459 e. The Morgan fingerprint density at radius 3 is 2.02 bits per heavy atom. The van der Waals surface area contributed by atoms with Crippen molar-refractivity contribution in [3.05, 3.63) is 22.8 Å². The number of aliphatic hydroxyl groups excluding tert-OH is 1. The number of aliphatic hydroxyl groups is 3.